The number of fused-ring (bicyclic) bond motifs is 1. The number of nitrogens with zero attached hydrogens (tertiary/aromatic N) is 1. The number of aliphatic hydroxyl groups is 1. The molecule has 2 aromatic carbocycles. The first-order valence-corrected chi connectivity index (χ1v) is 11.8. The predicted molar refractivity (Wildman–Crippen MR) is 127 cm³/mol. The van der Waals surface area contributed by atoms with Gasteiger partial charge in [-0.05, 0) is 86.4 Å². The molecule has 174 valence electrons. The topological polar surface area (TPSA) is 62.2 Å². The van der Waals surface area contributed by atoms with Crippen molar-refractivity contribution in [2.45, 2.75) is 57.3 Å². The molecule has 1 aliphatic heterocycles. The summed E-state index contributed by atoms with van der Waals surface area (Å²) < 4.78 is 10.9. The Kier molecular flexibility index (Phi) is 6.80. The van der Waals surface area contributed by atoms with Crippen LogP contribution in [0.15, 0.2) is 42.5 Å². The molecule has 1 heterocycles. The highest BCUT2D eigenvalue weighted by molar-refractivity contribution is 5.51. The van der Waals surface area contributed by atoms with Crippen molar-refractivity contribution in [2.24, 2.45) is 11.8 Å². The molecule has 0 amide bonds. The van der Waals surface area contributed by atoms with E-state index in [0.29, 0.717) is 11.7 Å². The highest BCUT2D eigenvalue weighted by Gasteiger charge is 2.39. The SMILES string of the molecule is COC(OC)C1CCN(c2ccc(C3c4ccc(O)cc4CCC3C(C)(C)O)cc2)CC1. The summed E-state index contributed by atoms with van der Waals surface area (Å²) in [6.07, 6.45) is 3.76. The molecule has 1 aliphatic carbocycles. The van der Waals surface area contributed by atoms with Crippen LogP contribution in [0, 0.1) is 11.8 Å². The average molecular weight is 440 g/mol. The summed E-state index contributed by atoms with van der Waals surface area (Å²) in [5.41, 5.74) is 4.09. The number of hydrogen-bond donors (Lipinski definition) is 2. The van der Waals surface area contributed by atoms with E-state index in [1.165, 1.54) is 22.4 Å². The molecule has 5 heteroatoms. The lowest BCUT2D eigenvalue weighted by Gasteiger charge is -2.41. The van der Waals surface area contributed by atoms with Crippen LogP contribution in [0.3, 0.4) is 0 Å². The molecule has 2 aliphatic rings. The number of piperidine rings is 1. The van der Waals surface area contributed by atoms with Gasteiger partial charge in [0.25, 0.3) is 0 Å². The largest absolute Gasteiger partial charge is 0.508 e. The van der Waals surface area contributed by atoms with Crippen LogP contribution in [0.1, 0.15) is 55.7 Å². The number of phenols is 1. The maximum atomic E-state index is 10.9. The summed E-state index contributed by atoms with van der Waals surface area (Å²) in [5.74, 6) is 0.986. The van der Waals surface area contributed by atoms with Crippen molar-refractivity contribution in [3.05, 3.63) is 59.2 Å². The van der Waals surface area contributed by atoms with E-state index in [1.807, 2.05) is 26.0 Å². The monoisotopic (exact) mass is 439 g/mol. The number of anilines is 1. The standard InChI is InChI=1S/C27H37NO4/c1-27(2,30)24-12-7-20-17-22(29)10-11-23(20)25(24)18-5-8-21(9-6-18)28-15-13-19(14-16-28)26(31-3)32-4/h5-6,8-11,17,19,24-26,29-30H,7,12-16H2,1-4H3. The molecule has 0 bridgehead atoms. The zero-order valence-electron chi connectivity index (χ0n) is 19.8. The van der Waals surface area contributed by atoms with Gasteiger partial charge in [0.2, 0.25) is 0 Å². The number of phenolic OH excluding ortho intramolecular Hbond substituents is 1. The highest BCUT2D eigenvalue weighted by atomic mass is 16.7. The zero-order chi connectivity index (χ0) is 22.9. The van der Waals surface area contributed by atoms with Gasteiger partial charge in [0.05, 0.1) is 5.60 Å². The first kappa shape index (κ1) is 23.1. The highest BCUT2D eigenvalue weighted by Crippen LogP contribution is 2.46. The van der Waals surface area contributed by atoms with Gasteiger partial charge in [0, 0.05) is 44.8 Å². The van der Waals surface area contributed by atoms with Gasteiger partial charge in [0.1, 0.15) is 5.75 Å². The van der Waals surface area contributed by atoms with Gasteiger partial charge >= 0.3 is 0 Å². The van der Waals surface area contributed by atoms with E-state index in [1.54, 1.807) is 20.3 Å². The number of ether oxygens (including phenoxy) is 2. The van der Waals surface area contributed by atoms with Gasteiger partial charge < -0.3 is 24.6 Å². The second-order valence-corrected chi connectivity index (χ2v) is 9.92. The van der Waals surface area contributed by atoms with Gasteiger partial charge in [0.15, 0.2) is 6.29 Å². The maximum absolute atomic E-state index is 10.9. The van der Waals surface area contributed by atoms with Crippen molar-refractivity contribution >= 4 is 5.69 Å². The van der Waals surface area contributed by atoms with Crippen molar-refractivity contribution in [2.75, 3.05) is 32.2 Å². The predicted octanol–water partition coefficient (Wildman–Crippen LogP) is 4.69. The molecule has 0 spiro atoms. The van der Waals surface area contributed by atoms with Gasteiger partial charge in [-0.15, -0.1) is 0 Å². The molecule has 1 saturated heterocycles. The summed E-state index contributed by atoms with van der Waals surface area (Å²) >= 11 is 0. The number of benzene rings is 2. The fourth-order valence-corrected chi connectivity index (χ4v) is 5.78. The number of methoxy groups -OCH3 is 2. The fraction of sp³-hybridized carbons (Fsp3) is 0.556. The minimum absolute atomic E-state index is 0.114. The van der Waals surface area contributed by atoms with Crippen molar-refractivity contribution in [3.8, 4) is 5.75 Å². The minimum atomic E-state index is -0.778. The third-order valence-electron chi connectivity index (χ3n) is 7.50. The quantitative estimate of drug-likeness (QED) is 0.639. The Balaban J connectivity index is 1.55. The molecule has 0 saturated carbocycles. The molecule has 2 atom stereocenters. The Hall–Kier alpha value is -2.08. The Morgan fingerprint density at radius 3 is 2.22 bits per heavy atom. The Labute approximate surface area is 192 Å². The fourth-order valence-electron chi connectivity index (χ4n) is 5.78. The lowest BCUT2D eigenvalue weighted by molar-refractivity contribution is -0.141. The van der Waals surface area contributed by atoms with Crippen LogP contribution < -0.4 is 4.90 Å². The molecular formula is C27H37NO4. The van der Waals surface area contributed by atoms with E-state index in [4.69, 9.17) is 9.47 Å². The van der Waals surface area contributed by atoms with Crippen LogP contribution in [0.25, 0.3) is 0 Å². The minimum Gasteiger partial charge on any atom is -0.508 e. The Morgan fingerprint density at radius 2 is 1.62 bits per heavy atom. The molecule has 0 radical (unpaired) electrons. The number of hydrogen-bond acceptors (Lipinski definition) is 5. The average Bonchev–Trinajstić information content (AvgIpc) is 2.79. The van der Waals surface area contributed by atoms with Crippen molar-refractivity contribution < 1.29 is 19.7 Å². The lowest BCUT2D eigenvalue weighted by Crippen LogP contribution is -2.39. The summed E-state index contributed by atoms with van der Waals surface area (Å²) in [5, 5.41) is 20.9. The van der Waals surface area contributed by atoms with Gasteiger partial charge in [-0.1, -0.05) is 18.2 Å². The van der Waals surface area contributed by atoms with E-state index >= 15 is 0 Å². The van der Waals surface area contributed by atoms with Crippen LogP contribution in [0.4, 0.5) is 5.69 Å². The Morgan fingerprint density at radius 1 is 0.969 bits per heavy atom. The van der Waals surface area contributed by atoms with Crippen LogP contribution in [0.2, 0.25) is 0 Å². The maximum Gasteiger partial charge on any atom is 0.159 e. The number of rotatable bonds is 6. The van der Waals surface area contributed by atoms with Gasteiger partial charge in [-0.3, -0.25) is 0 Å². The smallest absolute Gasteiger partial charge is 0.159 e. The van der Waals surface area contributed by atoms with E-state index in [-0.39, 0.29) is 18.1 Å². The van der Waals surface area contributed by atoms with E-state index < -0.39 is 5.60 Å². The first-order chi connectivity index (χ1) is 15.3. The summed E-state index contributed by atoms with van der Waals surface area (Å²) in [6, 6.07) is 14.6. The van der Waals surface area contributed by atoms with Crippen LogP contribution in [-0.4, -0.2) is 49.4 Å². The molecule has 32 heavy (non-hydrogen) atoms. The van der Waals surface area contributed by atoms with E-state index in [0.717, 1.165) is 38.8 Å². The molecule has 2 aromatic rings. The summed E-state index contributed by atoms with van der Waals surface area (Å²) in [7, 11) is 3.43. The van der Waals surface area contributed by atoms with Crippen molar-refractivity contribution in [1.29, 1.82) is 0 Å². The van der Waals surface area contributed by atoms with Gasteiger partial charge in [-0.2, -0.15) is 0 Å². The van der Waals surface area contributed by atoms with E-state index in [2.05, 4.69) is 29.2 Å². The van der Waals surface area contributed by atoms with Crippen LogP contribution >= 0.6 is 0 Å². The third kappa shape index (κ3) is 4.66. The van der Waals surface area contributed by atoms with Crippen molar-refractivity contribution in [3.63, 3.8) is 0 Å². The van der Waals surface area contributed by atoms with Gasteiger partial charge in [-0.25, -0.2) is 0 Å². The molecular weight excluding hydrogens is 402 g/mol. The molecule has 2 unspecified atom stereocenters. The normalized spacial score (nSPS) is 22.2. The van der Waals surface area contributed by atoms with Crippen molar-refractivity contribution in [1.82, 2.24) is 0 Å². The number of aromatic hydroxyl groups is 1. The second kappa shape index (κ2) is 9.42. The van der Waals surface area contributed by atoms with Crippen LogP contribution in [-0.2, 0) is 15.9 Å². The third-order valence-corrected chi connectivity index (χ3v) is 7.50. The molecule has 5 nitrogen and oxygen atoms in total. The lowest BCUT2D eigenvalue weighted by atomic mass is 9.66. The molecule has 4 rings (SSSR count). The first-order valence-electron chi connectivity index (χ1n) is 11.8. The molecule has 2 N–H and O–H groups in total. The van der Waals surface area contributed by atoms with Crippen LogP contribution in [0.5, 0.6) is 5.75 Å². The summed E-state index contributed by atoms with van der Waals surface area (Å²) in [6.45, 7) is 5.82. The zero-order valence-corrected chi connectivity index (χ0v) is 19.8. The Bertz CT molecular complexity index is 893. The molecule has 1 fully saturated rings. The van der Waals surface area contributed by atoms with E-state index in [9.17, 15) is 10.2 Å². The molecule has 0 aromatic heterocycles. The number of aryl methyl sites for hydroxylation is 1. The summed E-state index contributed by atoms with van der Waals surface area (Å²) in [4.78, 5) is 2.43. The second-order valence-electron chi connectivity index (χ2n) is 9.92.